The van der Waals surface area contributed by atoms with Gasteiger partial charge < -0.3 is 4.74 Å². The van der Waals surface area contributed by atoms with Crippen LogP contribution in [0.15, 0.2) is 40.4 Å². The first-order valence-corrected chi connectivity index (χ1v) is 7.13. The summed E-state index contributed by atoms with van der Waals surface area (Å²) in [6, 6.07) is 7.97. The number of nitriles is 1. The van der Waals surface area contributed by atoms with Gasteiger partial charge in [0.25, 0.3) is 0 Å². The van der Waals surface area contributed by atoms with Gasteiger partial charge >= 0.3 is 0 Å². The van der Waals surface area contributed by atoms with Gasteiger partial charge in [0.15, 0.2) is 5.06 Å². The number of nitrogens with zero attached hydrogens (tertiary/aromatic N) is 2. The number of aromatic nitrogens is 1. The van der Waals surface area contributed by atoms with Crippen molar-refractivity contribution in [3.05, 3.63) is 46.0 Å². The van der Waals surface area contributed by atoms with Gasteiger partial charge in [0.05, 0.1) is 18.6 Å². The second-order valence-electron chi connectivity index (χ2n) is 3.69. The molecule has 0 spiro atoms. The highest BCUT2D eigenvalue weighted by atomic mass is 79.9. The smallest absolute Gasteiger partial charge is 0.174 e. The first kappa shape index (κ1) is 13.1. The lowest BCUT2D eigenvalue weighted by molar-refractivity contribution is 0.314. The Labute approximate surface area is 118 Å². The molecule has 2 aromatic rings. The number of hydrogen-bond donors (Lipinski definition) is 0. The predicted octanol–water partition coefficient (Wildman–Crippen LogP) is 3.98. The topological polar surface area (TPSA) is 45.9 Å². The largest absolute Gasteiger partial charge is 0.484 e. The van der Waals surface area contributed by atoms with E-state index in [1.54, 1.807) is 23.7 Å². The summed E-state index contributed by atoms with van der Waals surface area (Å²) in [5, 5.41) is 12.0. The molecule has 5 heteroatoms. The monoisotopic (exact) mass is 322 g/mol. The Hall–Kier alpha value is -1.38. The second-order valence-corrected chi connectivity index (χ2v) is 5.48. The van der Waals surface area contributed by atoms with Crippen LogP contribution >= 0.6 is 27.3 Å². The van der Waals surface area contributed by atoms with Crippen molar-refractivity contribution in [2.75, 3.05) is 6.61 Å². The van der Waals surface area contributed by atoms with Crippen LogP contribution in [0.3, 0.4) is 0 Å². The molecule has 0 saturated heterocycles. The maximum atomic E-state index is 9.14. The molecule has 92 valence electrons. The lowest BCUT2D eigenvalue weighted by Crippen LogP contribution is -2.04. The molecule has 0 fully saturated rings. The summed E-state index contributed by atoms with van der Waals surface area (Å²) in [6.45, 7) is 0.528. The number of ether oxygens (including phenoxy) is 1. The minimum atomic E-state index is -0.165. The van der Waals surface area contributed by atoms with E-state index in [1.807, 2.05) is 23.6 Å². The van der Waals surface area contributed by atoms with Crippen LogP contribution in [-0.4, -0.2) is 11.6 Å². The number of hydrogen-bond acceptors (Lipinski definition) is 4. The first-order valence-electron chi connectivity index (χ1n) is 5.46. The zero-order valence-corrected chi connectivity index (χ0v) is 11.9. The second kappa shape index (κ2) is 6.53. The molecule has 0 N–H and O–H groups in total. The number of pyridine rings is 1. The summed E-state index contributed by atoms with van der Waals surface area (Å²) >= 11 is 4.91. The van der Waals surface area contributed by atoms with E-state index < -0.39 is 0 Å². The molecular weight excluding hydrogens is 312 g/mol. The first-order chi connectivity index (χ1) is 8.79. The lowest BCUT2D eigenvalue weighted by atomic mass is 10.00. The van der Waals surface area contributed by atoms with E-state index in [0.717, 1.165) is 15.1 Å². The van der Waals surface area contributed by atoms with Crippen LogP contribution in [0.25, 0.3) is 0 Å². The SMILES string of the molecule is N#CC(CCOc1cc(Br)cs1)c1cccnc1. The van der Waals surface area contributed by atoms with Crippen LogP contribution in [0.4, 0.5) is 0 Å². The molecule has 0 bridgehead atoms. The molecule has 3 nitrogen and oxygen atoms in total. The average molecular weight is 323 g/mol. The maximum Gasteiger partial charge on any atom is 0.174 e. The van der Waals surface area contributed by atoms with E-state index in [-0.39, 0.29) is 5.92 Å². The van der Waals surface area contributed by atoms with Gasteiger partial charge in [-0.05, 0) is 27.6 Å². The number of thiophene rings is 1. The predicted molar refractivity (Wildman–Crippen MR) is 74.7 cm³/mol. The van der Waals surface area contributed by atoms with Gasteiger partial charge in [-0.3, -0.25) is 4.98 Å². The minimum absolute atomic E-state index is 0.165. The van der Waals surface area contributed by atoms with Crippen LogP contribution in [0.5, 0.6) is 5.06 Å². The van der Waals surface area contributed by atoms with Gasteiger partial charge in [0, 0.05) is 34.7 Å². The van der Waals surface area contributed by atoms with Crippen molar-refractivity contribution in [2.24, 2.45) is 0 Å². The lowest BCUT2D eigenvalue weighted by Gasteiger charge is -2.09. The highest BCUT2D eigenvalue weighted by Gasteiger charge is 2.10. The van der Waals surface area contributed by atoms with Crippen molar-refractivity contribution in [1.29, 1.82) is 5.26 Å². The van der Waals surface area contributed by atoms with Crippen molar-refractivity contribution in [3.8, 4) is 11.1 Å². The number of rotatable bonds is 5. The van der Waals surface area contributed by atoms with Gasteiger partial charge in [0.2, 0.25) is 0 Å². The Balaban J connectivity index is 1.87. The van der Waals surface area contributed by atoms with E-state index in [9.17, 15) is 0 Å². The Morgan fingerprint density at radius 3 is 3.06 bits per heavy atom. The van der Waals surface area contributed by atoms with Crippen molar-refractivity contribution in [1.82, 2.24) is 4.98 Å². The molecule has 18 heavy (non-hydrogen) atoms. The van der Waals surface area contributed by atoms with E-state index >= 15 is 0 Å². The van der Waals surface area contributed by atoms with Crippen LogP contribution in [-0.2, 0) is 0 Å². The third-order valence-electron chi connectivity index (χ3n) is 2.44. The zero-order valence-electron chi connectivity index (χ0n) is 9.54. The van der Waals surface area contributed by atoms with Gasteiger partial charge in [0.1, 0.15) is 0 Å². The molecule has 2 rings (SSSR count). The summed E-state index contributed by atoms with van der Waals surface area (Å²) in [5.74, 6) is -0.165. The van der Waals surface area contributed by atoms with Crippen molar-refractivity contribution >= 4 is 27.3 Å². The van der Waals surface area contributed by atoms with Crippen molar-refractivity contribution in [3.63, 3.8) is 0 Å². The molecule has 0 aliphatic rings. The van der Waals surface area contributed by atoms with Crippen molar-refractivity contribution < 1.29 is 4.74 Å². The Kier molecular flexibility index (Phi) is 4.73. The van der Waals surface area contributed by atoms with Crippen LogP contribution < -0.4 is 4.74 Å². The average Bonchev–Trinajstić information content (AvgIpc) is 2.81. The van der Waals surface area contributed by atoms with E-state index in [1.165, 1.54) is 0 Å². The van der Waals surface area contributed by atoms with Crippen LogP contribution in [0, 0.1) is 11.3 Å². The van der Waals surface area contributed by atoms with Gasteiger partial charge in [-0.2, -0.15) is 5.26 Å². The third kappa shape index (κ3) is 3.56. The molecule has 0 saturated carbocycles. The summed E-state index contributed by atoms with van der Waals surface area (Å²) in [6.07, 6.45) is 4.10. The van der Waals surface area contributed by atoms with Gasteiger partial charge in [-0.1, -0.05) is 6.07 Å². The van der Waals surface area contributed by atoms with E-state index in [0.29, 0.717) is 13.0 Å². The summed E-state index contributed by atoms with van der Waals surface area (Å²) < 4.78 is 6.62. The standard InChI is InChI=1S/C13H11BrN2OS/c14-12-6-13(18-9-12)17-5-3-10(7-15)11-2-1-4-16-8-11/h1-2,4,6,8-10H,3,5H2. The van der Waals surface area contributed by atoms with E-state index in [2.05, 4.69) is 27.0 Å². The Morgan fingerprint density at radius 1 is 1.56 bits per heavy atom. The molecule has 0 amide bonds. The number of halogens is 1. The Bertz CT molecular complexity index is 535. The molecule has 0 aliphatic carbocycles. The van der Waals surface area contributed by atoms with E-state index in [4.69, 9.17) is 10.00 Å². The summed E-state index contributed by atoms with van der Waals surface area (Å²) in [5.41, 5.74) is 0.941. The van der Waals surface area contributed by atoms with Crippen LogP contribution in [0.2, 0.25) is 0 Å². The van der Waals surface area contributed by atoms with Crippen LogP contribution in [0.1, 0.15) is 17.9 Å². The zero-order chi connectivity index (χ0) is 12.8. The summed E-state index contributed by atoms with van der Waals surface area (Å²) in [7, 11) is 0. The molecule has 1 unspecified atom stereocenters. The normalized spacial score (nSPS) is 11.8. The highest BCUT2D eigenvalue weighted by molar-refractivity contribution is 9.10. The molecule has 2 heterocycles. The minimum Gasteiger partial charge on any atom is -0.484 e. The third-order valence-corrected chi connectivity index (χ3v) is 4.04. The Morgan fingerprint density at radius 2 is 2.44 bits per heavy atom. The molecule has 0 radical (unpaired) electrons. The quantitative estimate of drug-likeness (QED) is 0.836. The summed E-state index contributed by atoms with van der Waals surface area (Å²) in [4.78, 5) is 4.03. The van der Waals surface area contributed by atoms with Crippen molar-refractivity contribution in [2.45, 2.75) is 12.3 Å². The molecular formula is C13H11BrN2OS. The molecule has 2 aromatic heterocycles. The maximum absolute atomic E-state index is 9.14. The molecule has 1 atom stereocenters. The fourth-order valence-corrected chi connectivity index (χ4v) is 2.82. The fourth-order valence-electron chi connectivity index (χ4n) is 1.54. The van der Waals surface area contributed by atoms with Gasteiger partial charge in [-0.15, -0.1) is 11.3 Å². The van der Waals surface area contributed by atoms with Gasteiger partial charge in [-0.25, -0.2) is 0 Å². The fraction of sp³-hybridized carbons (Fsp3) is 0.231. The highest BCUT2D eigenvalue weighted by Crippen LogP contribution is 2.27. The molecule has 0 aliphatic heterocycles. The molecule has 0 aromatic carbocycles.